The maximum atomic E-state index is 12.7. The van der Waals surface area contributed by atoms with Gasteiger partial charge >= 0.3 is 7.05 Å². The molecule has 1 aliphatic heterocycles. The van der Waals surface area contributed by atoms with Crippen LogP contribution in [0.5, 0.6) is 17.2 Å². The molecule has 0 aromatic heterocycles. The largest absolute Gasteiger partial charge is 0.485 e. The molecule has 7 heteroatoms. The molecule has 0 amide bonds. The van der Waals surface area contributed by atoms with Crippen LogP contribution < -0.4 is 19.4 Å². The van der Waals surface area contributed by atoms with Crippen LogP contribution in [-0.2, 0) is 0 Å². The van der Waals surface area contributed by atoms with Crippen molar-refractivity contribution in [2.75, 3.05) is 19.9 Å². The average molecular weight is 267 g/mol. The zero-order chi connectivity index (χ0) is 13.7. The van der Waals surface area contributed by atoms with Crippen LogP contribution in [0.2, 0.25) is 6.82 Å². The van der Waals surface area contributed by atoms with Crippen molar-refractivity contribution in [3.8, 4) is 17.2 Å². The van der Waals surface area contributed by atoms with Crippen molar-refractivity contribution in [1.29, 1.82) is 0 Å². The lowest BCUT2D eigenvalue weighted by Gasteiger charge is -2.11. The van der Waals surface area contributed by atoms with Crippen LogP contribution in [0.3, 0.4) is 0 Å². The Kier molecular flexibility index (Phi) is 4.65. The maximum Gasteiger partial charge on any atom is 0.373 e. The van der Waals surface area contributed by atoms with Crippen molar-refractivity contribution in [2.24, 2.45) is 0 Å². The second-order valence-corrected chi connectivity index (χ2v) is 4.10. The number of para-hydroxylation sites is 1. The highest BCUT2D eigenvalue weighted by atomic mass is 19.1. The van der Waals surface area contributed by atoms with Gasteiger partial charge in [0.15, 0.2) is 11.5 Å². The standard InChI is InChI=1S/C12H15BFNO4/c1-13(16)15-6-9(5-14)7-17-10-3-2-4-11-12(10)19-8-18-11/h2-5,15-16H,6-8H2,1H3. The second kappa shape index (κ2) is 6.44. The van der Waals surface area contributed by atoms with E-state index in [1.165, 1.54) is 0 Å². The van der Waals surface area contributed by atoms with E-state index >= 15 is 0 Å². The van der Waals surface area contributed by atoms with E-state index in [1.54, 1.807) is 25.0 Å². The van der Waals surface area contributed by atoms with Crippen molar-refractivity contribution < 1.29 is 23.6 Å². The molecule has 0 unspecified atom stereocenters. The Morgan fingerprint density at radius 2 is 2.42 bits per heavy atom. The quantitative estimate of drug-likeness (QED) is 0.762. The minimum absolute atomic E-state index is 0.0655. The summed E-state index contributed by atoms with van der Waals surface area (Å²) in [5.74, 6) is 1.65. The minimum Gasteiger partial charge on any atom is -0.485 e. The third kappa shape index (κ3) is 3.62. The molecule has 0 bridgehead atoms. The topological polar surface area (TPSA) is 60.0 Å². The zero-order valence-corrected chi connectivity index (χ0v) is 10.6. The molecule has 19 heavy (non-hydrogen) atoms. The molecule has 1 aliphatic rings. The molecule has 0 saturated heterocycles. The van der Waals surface area contributed by atoms with E-state index in [1.807, 2.05) is 0 Å². The van der Waals surface area contributed by atoms with Gasteiger partial charge in [0.2, 0.25) is 12.5 Å². The zero-order valence-electron chi connectivity index (χ0n) is 10.6. The Morgan fingerprint density at radius 1 is 1.58 bits per heavy atom. The summed E-state index contributed by atoms with van der Waals surface area (Å²) in [4.78, 5) is 0. The second-order valence-electron chi connectivity index (χ2n) is 4.10. The number of nitrogens with one attached hydrogen (secondary N) is 1. The number of hydrogen-bond acceptors (Lipinski definition) is 5. The van der Waals surface area contributed by atoms with E-state index in [-0.39, 0.29) is 19.9 Å². The van der Waals surface area contributed by atoms with Crippen molar-refractivity contribution in [3.63, 3.8) is 0 Å². The van der Waals surface area contributed by atoms with Gasteiger partial charge in [-0.3, -0.25) is 0 Å². The van der Waals surface area contributed by atoms with Crippen molar-refractivity contribution in [2.45, 2.75) is 6.82 Å². The van der Waals surface area contributed by atoms with Crippen LogP contribution >= 0.6 is 0 Å². The Morgan fingerprint density at radius 3 is 3.16 bits per heavy atom. The van der Waals surface area contributed by atoms with E-state index in [0.717, 1.165) is 0 Å². The fraction of sp³-hybridized carbons (Fsp3) is 0.333. The number of benzene rings is 1. The molecule has 0 saturated carbocycles. The van der Waals surface area contributed by atoms with Crippen LogP contribution in [0.1, 0.15) is 0 Å². The number of halogens is 1. The third-order valence-electron chi connectivity index (χ3n) is 2.55. The summed E-state index contributed by atoms with van der Waals surface area (Å²) >= 11 is 0. The highest BCUT2D eigenvalue weighted by molar-refractivity contribution is 6.45. The Labute approximate surface area is 111 Å². The minimum atomic E-state index is -0.701. The van der Waals surface area contributed by atoms with Crippen LogP contribution in [0.15, 0.2) is 30.1 Å². The molecule has 0 aliphatic carbocycles. The van der Waals surface area contributed by atoms with Crippen molar-refractivity contribution >= 4 is 7.05 Å². The fourth-order valence-electron chi connectivity index (χ4n) is 1.59. The van der Waals surface area contributed by atoms with Gasteiger partial charge in [-0.15, -0.1) is 0 Å². The summed E-state index contributed by atoms with van der Waals surface area (Å²) in [6, 6.07) is 5.28. The molecule has 0 spiro atoms. The number of ether oxygens (including phenoxy) is 3. The first-order valence-electron chi connectivity index (χ1n) is 5.91. The smallest absolute Gasteiger partial charge is 0.373 e. The predicted molar refractivity (Wildman–Crippen MR) is 69.1 cm³/mol. The van der Waals surface area contributed by atoms with Gasteiger partial charge < -0.3 is 24.5 Å². The summed E-state index contributed by atoms with van der Waals surface area (Å²) in [6.07, 6.45) is 0.468. The first-order chi connectivity index (χ1) is 9.20. The van der Waals surface area contributed by atoms with Crippen LogP contribution in [0.4, 0.5) is 4.39 Å². The molecule has 0 radical (unpaired) electrons. The first kappa shape index (κ1) is 13.7. The Bertz CT molecular complexity index is 467. The molecular weight excluding hydrogens is 252 g/mol. The SMILES string of the molecule is CB(O)NCC(=CF)COc1cccc2c1OCO2. The highest BCUT2D eigenvalue weighted by Crippen LogP contribution is 2.40. The van der Waals surface area contributed by atoms with Crippen LogP contribution in [-0.4, -0.2) is 32.0 Å². The molecule has 5 nitrogen and oxygen atoms in total. The number of hydrogen-bond donors (Lipinski definition) is 2. The van der Waals surface area contributed by atoms with E-state index < -0.39 is 7.05 Å². The van der Waals surface area contributed by atoms with Gasteiger partial charge in [0.05, 0.1) is 6.33 Å². The first-order valence-corrected chi connectivity index (χ1v) is 5.91. The van der Waals surface area contributed by atoms with E-state index in [2.05, 4.69) is 5.23 Å². The lowest BCUT2D eigenvalue weighted by molar-refractivity contribution is 0.170. The molecule has 2 rings (SSSR count). The molecule has 102 valence electrons. The van der Waals surface area contributed by atoms with Gasteiger partial charge in [0, 0.05) is 12.1 Å². The Hall–Kier alpha value is -1.73. The van der Waals surface area contributed by atoms with E-state index in [0.29, 0.717) is 29.2 Å². The van der Waals surface area contributed by atoms with Crippen molar-refractivity contribution in [1.82, 2.24) is 5.23 Å². The summed E-state index contributed by atoms with van der Waals surface area (Å²) in [6.45, 7) is 1.99. The van der Waals surface area contributed by atoms with Crippen LogP contribution in [0, 0.1) is 0 Å². The highest BCUT2D eigenvalue weighted by Gasteiger charge is 2.18. The maximum absolute atomic E-state index is 12.7. The number of fused-ring (bicyclic) bond motifs is 1. The molecule has 2 N–H and O–H groups in total. The molecular formula is C12H15BFNO4. The molecule has 1 aromatic rings. The average Bonchev–Trinajstić information content (AvgIpc) is 2.87. The normalized spacial score (nSPS) is 13.5. The number of rotatable bonds is 6. The van der Waals surface area contributed by atoms with Gasteiger partial charge in [-0.2, -0.15) is 0 Å². The molecule has 0 atom stereocenters. The van der Waals surface area contributed by atoms with Gasteiger partial charge in [0.1, 0.15) is 6.61 Å². The predicted octanol–water partition coefficient (Wildman–Crippen LogP) is 1.35. The third-order valence-corrected chi connectivity index (χ3v) is 2.55. The summed E-state index contributed by atoms with van der Waals surface area (Å²) in [5.41, 5.74) is 0.386. The lowest BCUT2D eigenvalue weighted by atomic mass is 9.88. The molecule has 1 aromatic carbocycles. The summed E-state index contributed by atoms with van der Waals surface area (Å²) < 4.78 is 28.7. The molecule has 1 heterocycles. The van der Waals surface area contributed by atoms with E-state index in [9.17, 15) is 4.39 Å². The van der Waals surface area contributed by atoms with E-state index in [4.69, 9.17) is 19.2 Å². The fourth-order valence-corrected chi connectivity index (χ4v) is 1.59. The van der Waals surface area contributed by atoms with Gasteiger partial charge in [-0.1, -0.05) is 6.07 Å². The van der Waals surface area contributed by atoms with Crippen LogP contribution in [0.25, 0.3) is 0 Å². The lowest BCUT2D eigenvalue weighted by Crippen LogP contribution is -2.33. The Balaban J connectivity index is 1.93. The summed E-state index contributed by atoms with van der Waals surface area (Å²) in [5, 5.41) is 11.8. The molecule has 0 fully saturated rings. The van der Waals surface area contributed by atoms with Gasteiger partial charge in [-0.25, -0.2) is 4.39 Å². The summed E-state index contributed by atoms with van der Waals surface area (Å²) in [7, 11) is -0.701. The van der Waals surface area contributed by atoms with Gasteiger partial charge in [-0.05, 0) is 19.0 Å². The van der Waals surface area contributed by atoms with Gasteiger partial charge in [0.25, 0.3) is 0 Å². The monoisotopic (exact) mass is 267 g/mol. The van der Waals surface area contributed by atoms with Crippen molar-refractivity contribution in [3.05, 3.63) is 30.1 Å².